The Labute approximate surface area is 135 Å². The van der Waals surface area contributed by atoms with Crippen molar-refractivity contribution in [3.63, 3.8) is 0 Å². The van der Waals surface area contributed by atoms with Crippen molar-refractivity contribution < 1.29 is 9.59 Å². The van der Waals surface area contributed by atoms with Gasteiger partial charge in [0.25, 0.3) is 0 Å². The number of rotatable bonds is 4. The quantitative estimate of drug-likeness (QED) is 0.834. The van der Waals surface area contributed by atoms with Crippen LogP contribution < -0.4 is 10.6 Å². The molecule has 0 saturated carbocycles. The number of anilines is 1. The summed E-state index contributed by atoms with van der Waals surface area (Å²) in [4.78, 5) is 29.4. The maximum Gasteiger partial charge on any atom is 0.321 e. The molecular weight excluding hydrogens is 300 g/mol. The number of likely N-dealkylation sites (tertiary alicyclic amines) is 1. The summed E-state index contributed by atoms with van der Waals surface area (Å²) in [5.41, 5.74) is 0.687. The molecule has 3 amide bonds. The zero-order valence-corrected chi connectivity index (χ0v) is 13.8. The molecule has 6 nitrogen and oxygen atoms in total. The molecule has 22 heavy (non-hydrogen) atoms. The average molecular weight is 322 g/mol. The van der Waals surface area contributed by atoms with Gasteiger partial charge in [-0.1, -0.05) is 6.92 Å². The van der Waals surface area contributed by atoms with Crippen molar-refractivity contribution in [1.29, 1.82) is 0 Å². The molecule has 1 atom stereocenters. The Morgan fingerprint density at radius 3 is 2.91 bits per heavy atom. The van der Waals surface area contributed by atoms with E-state index in [-0.39, 0.29) is 18.0 Å². The molecule has 1 saturated heterocycles. The van der Waals surface area contributed by atoms with Crippen molar-refractivity contribution in [2.75, 3.05) is 24.2 Å². The first-order chi connectivity index (χ1) is 10.6. The fourth-order valence-corrected chi connectivity index (χ4v) is 3.04. The van der Waals surface area contributed by atoms with Crippen LogP contribution in [-0.4, -0.2) is 46.7 Å². The third-order valence-electron chi connectivity index (χ3n) is 3.40. The van der Waals surface area contributed by atoms with Crippen molar-refractivity contribution in [3.8, 4) is 0 Å². The Morgan fingerprint density at radius 2 is 2.27 bits per heavy atom. The van der Waals surface area contributed by atoms with Gasteiger partial charge in [-0.25, -0.2) is 9.78 Å². The molecule has 1 fully saturated rings. The number of hydrogen-bond donors (Lipinski definition) is 2. The lowest BCUT2D eigenvalue weighted by Gasteiger charge is -2.32. The fraction of sp³-hybridized carbons (Fsp3) is 0.533. The molecule has 0 bridgehead atoms. The van der Waals surface area contributed by atoms with Gasteiger partial charge in [0.05, 0.1) is 16.9 Å². The molecule has 0 unspecified atom stereocenters. The van der Waals surface area contributed by atoms with Crippen molar-refractivity contribution in [3.05, 3.63) is 18.3 Å². The Balaban J connectivity index is 1.89. The van der Waals surface area contributed by atoms with Crippen LogP contribution in [-0.2, 0) is 4.79 Å². The minimum absolute atomic E-state index is 0.0402. The zero-order chi connectivity index (χ0) is 15.9. The Morgan fingerprint density at radius 1 is 1.45 bits per heavy atom. The maximum atomic E-state index is 12.3. The van der Waals surface area contributed by atoms with E-state index in [2.05, 4.69) is 22.5 Å². The van der Waals surface area contributed by atoms with Gasteiger partial charge in [-0.15, -0.1) is 11.8 Å². The van der Waals surface area contributed by atoms with Gasteiger partial charge in [-0.05, 0) is 30.7 Å². The average Bonchev–Trinajstić information content (AvgIpc) is 2.49. The summed E-state index contributed by atoms with van der Waals surface area (Å²) in [7, 11) is 0. The largest absolute Gasteiger partial charge is 0.352 e. The van der Waals surface area contributed by atoms with E-state index in [1.807, 2.05) is 12.1 Å². The predicted octanol–water partition coefficient (Wildman–Crippen LogP) is 2.33. The molecule has 0 aromatic carbocycles. The molecule has 1 aromatic heterocycles. The van der Waals surface area contributed by atoms with E-state index in [1.54, 1.807) is 22.9 Å². The Bertz CT molecular complexity index is 521. The number of nitrogens with zero attached hydrogens (tertiary/aromatic N) is 2. The monoisotopic (exact) mass is 322 g/mol. The van der Waals surface area contributed by atoms with E-state index in [9.17, 15) is 9.59 Å². The molecule has 7 heteroatoms. The predicted molar refractivity (Wildman–Crippen MR) is 88.1 cm³/mol. The van der Waals surface area contributed by atoms with E-state index >= 15 is 0 Å². The number of pyridine rings is 1. The highest BCUT2D eigenvalue weighted by molar-refractivity contribution is 7.99. The number of urea groups is 1. The summed E-state index contributed by atoms with van der Waals surface area (Å²) in [6.07, 6.45) is 3.47. The second-order valence-electron chi connectivity index (χ2n) is 5.23. The highest BCUT2D eigenvalue weighted by atomic mass is 32.2. The number of piperidine rings is 1. The summed E-state index contributed by atoms with van der Waals surface area (Å²) in [5.74, 6) is 0.914. The number of amides is 3. The molecule has 2 rings (SSSR count). The second-order valence-corrected chi connectivity index (χ2v) is 6.52. The van der Waals surface area contributed by atoms with Gasteiger partial charge in [0.1, 0.15) is 0 Å². The van der Waals surface area contributed by atoms with Gasteiger partial charge in [-0.3, -0.25) is 4.79 Å². The van der Waals surface area contributed by atoms with Crippen molar-refractivity contribution in [1.82, 2.24) is 15.2 Å². The Kier molecular flexibility index (Phi) is 6.06. The molecule has 2 N–H and O–H groups in total. The molecule has 120 valence electrons. The number of aromatic nitrogens is 1. The number of thioether (sulfide) groups is 1. The zero-order valence-electron chi connectivity index (χ0n) is 13.0. The number of carbonyl (C=O) groups excluding carboxylic acids is 2. The van der Waals surface area contributed by atoms with E-state index < -0.39 is 0 Å². The second kappa shape index (κ2) is 8.03. The van der Waals surface area contributed by atoms with Gasteiger partial charge in [0.2, 0.25) is 5.91 Å². The maximum absolute atomic E-state index is 12.3. The molecular formula is C15H22N4O2S. The normalized spacial score (nSPS) is 17.9. The Hall–Kier alpha value is -1.76. The van der Waals surface area contributed by atoms with E-state index in [0.29, 0.717) is 18.8 Å². The molecule has 0 spiro atoms. The fourth-order valence-electron chi connectivity index (χ4n) is 2.46. The summed E-state index contributed by atoms with van der Waals surface area (Å²) < 4.78 is 0. The molecule has 1 aromatic rings. The molecule has 0 aliphatic carbocycles. The molecule has 0 radical (unpaired) electrons. The first-order valence-electron chi connectivity index (χ1n) is 7.50. The van der Waals surface area contributed by atoms with E-state index in [4.69, 9.17) is 0 Å². The molecule has 1 aliphatic rings. The summed E-state index contributed by atoms with van der Waals surface area (Å²) in [6.45, 7) is 4.83. The number of hydrogen-bond acceptors (Lipinski definition) is 4. The summed E-state index contributed by atoms with van der Waals surface area (Å²) in [6, 6.07) is 3.66. The van der Waals surface area contributed by atoms with Crippen LogP contribution in [0.1, 0.15) is 26.7 Å². The van der Waals surface area contributed by atoms with Gasteiger partial charge < -0.3 is 15.5 Å². The van der Waals surface area contributed by atoms with Crippen molar-refractivity contribution in [2.45, 2.75) is 37.8 Å². The van der Waals surface area contributed by atoms with Crippen LogP contribution >= 0.6 is 11.8 Å². The first-order valence-corrected chi connectivity index (χ1v) is 8.49. The van der Waals surface area contributed by atoms with Gasteiger partial charge in [0.15, 0.2) is 0 Å². The summed E-state index contributed by atoms with van der Waals surface area (Å²) >= 11 is 1.66. The van der Waals surface area contributed by atoms with Crippen LogP contribution in [0.15, 0.2) is 23.4 Å². The SMILES string of the molecule is CCSc1ccc(NC(=O)N2CCC[C@H](NC(C)=O)C2)cn1. The lowest BCUT2D eigenvalue weighted by atomic mass is 10.1. The van der Waals surface area contributed by atoms with Crippen LogP contribution in [0.3, 0.4) is 0 Å². The number of nitrogens with one attached hydrogen (secondary N) is 2. The van der Waals surface area contributed by atoms with Crippen LogP contribution in [0.25, 0.3) is 0 Å². The van der Waals surface area contributed by atoms with Crippen molar-refractivity contribution in [2.24, 2.45) is 0 Å². The van der Waals surface area contributed by atoms with Crippen LogP contribution in [0.2, 0.25) is 0 Å². The number of carbonyl (C=O) groups is 2. The first kappa shape index (κ1) is 16.6. The minimum Gasteiger partial charge on any atom is -0.352 e. The van der Waals surface area contributed by atoms with Crippen LogP contribution in [0.5, 0.6) is 0 Å². The van der Waals surface area contributed by atoms with E-state index in [0.717, 1.165) is 23.6 Å². The minimum atomic E-state index is -0.146. The van der Waals surface area contributed by atoms with Crippen molar-refractivity contribution >= 4 is 29.4 Å². The highest BCUT2D eigenvalue weighted by Gasteiger charge is 2.24. The smallest absolute Gasteiger partial charge is 0.321 e. The third-order valence-corrected chi connectivity index (χ3v) is 4.22. The lowest BCUT2D eigenvalue weighted by Crippen LogP contribution is -2.50. The van der Waals surface area contributed by atoms with Crippen LogP contribution in [0.4, 0.5) is 10.5 Å². The highest BCUT2D eigenvalue weighted by Crippen LogP contribution is 2.17. The van der Waals surface area contributed by atoms with Crippen LogP contribution in [0, 0.1) is 0 Å². The summed E-state index contributed by atoms with van der Waals surface area (Å²) in [5, 5.41) is 6.68. The molecule has 2 heterocycles. The van der Waals surface area contributed by atoms with Gasteiger partial charge in [0, 0.05) is 26.1 Å². The van der Waals surface area contributed by atoms with E-state index in [1.165, 1.54) is 6.92 Å². The van der Waals surface area contributed by atoms with Gasteiger partial charge >= 0.3 is 6.03 Å². The van der Waals surface area contributed by atoms with Gasteiger partial charge in [-0.2, -0.15) is 0 Å². The lowest BCUT2D eigenvalue weighted by molar-refractivity contribution is -0.119. The standard InChI is InChI=1S/C15H22N4O2S/c1-3-22-14-7-6-12(9-16-14)18-15(21)19-8-4-5-13(10-19)17-11(2)20/h6-7,9,13H,3-5,8,10H2,1-2H3,(H,17,20)(H,18,21)/t13-/m0/s1. The molecule has 1 aliphatic heterocycles. The third kappa shape index (κ3) is 4.91. The topological polar surface area (TPSA) is 74.3 Å².